The van der Waals surface area contributed by atoms with E-state index in [1.54, 1.807) is 0 Å². The summed E-state index contributed by atoms with van der Waals surface area (Å²) in [6.07, 6.45) is -4.25. The van der Waals surface area contributed by atoms with Gasteiger partial charge < -0.3 is 14.6 Å². The van der Waals surface area contributed by atoms with E-state index in [1.807, 2.05) is 0 Å². The molecule has 0 fully saturated rings. The number of aryl methyl sites for hydroxylation is 1. The summed E-state index contributed by atoms with van der Waals surface area (Å²) in [4.78, 5) is 20.1. The highest BCUT2D eigenvalue weighted by Crippen LogP contribution is 2.39. The molecule has 0 aliphatic carbocycles. The molecule has 1 aromatic carbocycles. The Morgan fingerprint density at radius 1 is 1.21 bits per heavy atom. The van der Waals surface area contributed by atoms with Crippen LogP contribution in [0.15, 0.2) is 47.5 Å². The Balaban J connectivity index is 2.04. The van der Waals surface area contributed by atoms with Crippen LogP contribution in [-0.4, -0.2) is 27.5 Å². The minimum absolute atomic E-state index is 0.0190. The number of rotatable bonds is 6. The Morgan fingerprint density at radius 2 is 1.94 bits per heavy atom. The quantitative estimate of drug-likeness (QED) is 0.283. The smallest absolute Gasteiger partial charge is 0.434 e. The van der Waals surface area contributed by atoms with Crippen LogP contribution in [0.1, 0.15) is 21.7 Å². The lowest BCUT2D eigenvalue weighted by molar-refractivity contribution is -0.141. The van der Waals surface area contributed by atoms with Crippen molar-refractivity contribution in [1.82, 2.24) is 14.7 Å². The lowest BCUT2D eigenvalue weighted by Crippen LogP contribution is -2.20. The molecule has 2 aromatic heterocycles. The van der Waals surface area contributed by atoms with Gasteiger partial charge in [-0.3, -0.25) is 4.79 Å². The van der Waals surface area contributed by atoms with Gasteiger partial charge >= 0.3 is 6.18 Å². The summed E-state index contributed by atoms with van der Waals surface area (Å²) in [5, 5.41) is 1.42. The fourth-order valence-corrected chi connectivity index (χ4v) is 3.71. The average molecular weight is 503 g/mol. The summed E-state index contributed by atoms with van der Waals surface area (Å²) in [5.74, 6) is -2.25. The summed E-state index contributed by atoms with van der Waals surface area (Å²) >= 11 is 4.37. The molecule has 0 saturated heterocycles. The van der Waals surface area contributed by atoms with Gasteiger partial charge in [0.1, 0.15) is 11.3 Å². The molecule has 1 amide bonds. The van der Waals surface area contributed by atoms with Crippen LogP contribution in [0.5, 0.6) is 11.5 Å². The largest absolute Gasteiger partial charge is 0.593 e. The van der Waals surface area contributed by atoms with Crippen molar-refractivity contribution in [3.8, 4) is 11.5 Å². The molecule has 3 aromatic rings. The van der Waals surface area contributed by atoms with Crippen molar-refractivity contribution in [2.45, 2.75) is 18.0 Å². The number of pyridine rings is 2. The van der Waals surface area contributed by atoms with Gasteiger partial charge in [-0.25, -0.2) is 9.97 Å². The topological polar surface area (TPSA) is 99.2 Å². The maximum absolute atomic E-state index is 13.4. The normalized spacial score (nSPS) is 12.4. The SMILES string of the molecule is CN[S+]([O-])c1cccc(NC(=O)c2c(Oc3ccc(F)nc3C)cnc(C(F)(F)F)c2Cl)c1. The molecule has 1 atom stereocenters. The highest BCUT2D eigenvalue weighted by molar-refractivity contribution is 7.89. The van der Waals surface area contributed by atoms with Crippen molar-refractivity contribution in [2.24, 2.45) is 0 Å². The Kier molecular flexibility index (Phi) is 7.42. The fourth-order valence-electron chi connectivity index (χ4n) is 2.70. The van der Waals surface area contributed by atoms with E-state index in [4.69, 9.17) is 16.3 Å². The third kappa shape index (κ3) is 5.71. The predicted molar refractivity (Wildman–Crippen MR) is 113 cm³/mol. The van der Waals surface area contributed by atoms with E-state index in [1.165, 1.54) is 44.3 Å². The van der Waals surface area contributed by atoms with Crippen LogP contribution in [0.2, 0.25) is 5.02 Å². The molecular weight excluding hydrogens is 488 g/mol. The van der Waals surface area contributed by atoms with Crippen LogP contribution in [0.4, 0.5) is 23.2 Å². The molecule has 0 aliphatic rings. The number of carbonyl (C=O) groups excluding carboxylic acids is 1. The summed E-state index contributed by atoms with van der Waals surface area (Å²) in [5.41, 5.74) is -1.91. The molecule has 174 valence electrons. The van der Waals surface area contributed by atoms with Crippen LogP contribution < -0.4 is 14.8 Å². The summed E-state index contributed by atoms with van der Waals surface area (Å²) < 4.78 is 73.3. The number of anilines is 1. The first kappa shape index (κ1) is 24.7. The van der Waals surface area contributed by atoms with Crippen LogP contribution in [-0.2, 0) is 17.5 Å². The molecule has 2 N–H and O–H groups in total. The van der Waals surface area contributed by atoms with E-state index < -0.39 is 51.4 Å². The average Bonchev–Trinajstić information content (AvgIpc) is 2.74. The molecular formula is C20H15ClF4N4O3S. The molecule has 7 nitrogen and oxygen atoms in total. The molecule has 2 heterocycles. The van der Waals surface area contributed by atoms with E-state index in [0.29, 0.717) is 11.1 Å². The lowest BCUT2D eigenvalue weighted by Gasteiger charge is -2.17. The third-order valence-electron chi connectivity index (χ3n) is 4.19. The standard InChI is InChI=1S/C20H15ClF4N4O3S/c1-10-13(6-7-15(22)28-10)32-14-9-27-18(20(23,24)25)17(21)16(14)19(30)29-11-4-3-5-12(8-11)33(31)26-2/h3-9,26H,1-2H3,(H,29,30). The van der Waals surface area contributed by atoms with Crippen LogP contribution >= 0.6 is 11.6 Å². The van der Waals surface area contributed by atoms with Crippen molar-refractivity contribution in [3.63, 3.8) is 0 Å². The number of hydrogen-bond acceptors (Lipinski definition) is 6. The molecule has 0 spiro atoms. The maximum Gasteiger partial charge on any atom is 0.434 e. The zero-order valence-electron chi connectivity index (χ0n) is 17.0. The van der Waals surface area contributed by atoms with Gasteiger partial charge in [0.25, 0.3) is 5.91 Å². The Bertz CT molecular complexity index is 1200. The van der Waals surface area contributed by atoms with E-state index in [-0.39, 0.29) is 17.1 Å². The Labute approximate surface area is 193 Å². The van der Waals surface area contributed by atoms with Gasteiger partial charge in [0, 0.05) is 18.8 Å². The first-order valence-corrected chi connectivity index (χ1v) is 10.6. The van der Waals surface area contributed by atoms with Crippen LogP contribution in [0.3, 0.4) is 0 Å². The third-order valence-corrected chi connectivity index (χ3v) is 5.62. The van der Waals surface area contributed by atoms with Gasteiger partial charge in [0.05, 0.1) is 28.3 Å². The Hall–Kier alpha value is -2.93. The van der Waals surface area contributed by atoms with E-state index in [0.717, 1.165) is 6.07 Å². The number of nitrogens with one attached hydrogen (secondary N) is 2. The van der Waals surface area contributed by atoms with Crippen molar-refractivity contribution in [3.05, 3.63) is 70.5 Å². The predicted octanol–water partition coefficient (Wildman–Crippen LogP) is 4.88. The van der Waals surface area contributed by atoms with Gasteiger partial charge in [-0.15, -0.1) is 4.72 Å². The molecule has 0 saturated carbocycles. The molecule has 33 heavy (non-hydrogen) atoms. The maximum atomic E-state index is 13.4. The zero-order chi connectivity index (χ0) is 24.3. The molecule has 0 aliphatic heterocycles. The second-order valence-electron chi connectivity index (χ2n) is 6.43. The van der Waals surface area contributed by atoms with Crippen LogP contribution in [0.25, 0.3) is 0 Å². The first-order valence-electron chi connectivity index (χ1n) is 9.08. The van der Waals surface area contributed by atoms with E-state index in [9.17, 15) is 26.9 Å². The monoisotopic (exact) mass is 502 g/mol. The number of carbonyl (C=O) groups is 1. The fraction of sp³-hybridized carbons (Fsp3) is 0.150. The number of ether oxygens (including phenoxy) is 1. The minimum Gasteiger partial charge on any atom is -0.593 e. The second kappa shape index (κ2) is 9.91. The number of hydrogen-bond donors (Lipinski definition) is 2. The summed E-state index contributed by atoms with van der Waals surface area (Å²) in [7, 11) is 1.46. The molecule has 3 rings (SSSR count). The van der Waals surface area contributed by atoms with Gasteiger partial charge in [0.15, 0.2) is 16.3 Å². The number of halogens is 5. The van der Waals surface area contributed by atoms with Crippen molar-refractivity contribution >= 4 is 34.6 Å². The highest BCUT2D eigenvalue weighted by atomic mass is 35.5. The van der Waals surface area contributed by atoms with Gasteiger partial charge in [-0.2, -0.15) is 17.6 Å². The highest BCUT2D eigenvalue weighted by Gasteiger charge is 2.38. The first-order chi connectivity index (χ1) is 15.5. The van der Waals surface area contributed by atoms with E-state index in [2.05, 4.69) is 20.0 Å². The molecule has 13 heteroatoms. The lowest BCUT2D eigenvalue weighted by atomic mass is 10.1. The molecule has 0 radical (unpaired) electrons. The van der Waals surface area contributed by atoms with Gasteiger partial charge in [-0.1, -0.05) is 17.7 Å². The van der Waals surface area contributed by atoms with Gasteiger partial charge in [0.2, 0.25) is 5.95 Å². The summed E-state index contributed by atoms with van der Waals surface area (Å²) in [6.45, 7) is 1.41. The number of aromatic nitrogens is 2. The number of benzene rings is 1. The second-order valence-corrected chi connectivity index (χ2v) is 8.23. The number of amides is 1. The van der Waals surface area contributed by atoms with Crippen molar-refractivity contribution in [1.29, 1.82) is 0 Å². The molecule has 1 unspecified atom stereocenters. The molecule has 0 bridgehead atoms. The van der Waals surface area contributed by atoms with Crippen molar-refractivity contribution < 1.29 is 31.6 Å². The zero-order valence-corrected chi connectivity index (χ0v) is 18.5. The number of nitrogens with zero attached hydrogens (tertiary/aromatic N) is 2. The summed E-state index contributed by atoms with van der Waals surface area (Å²) in [6, 6.07) is 8.03. The minimum atomic E-state index is -4.94. The van der Waals surface area contributed by atoms with Crippen molar-refractivity contribution in [2.75, 3.05) is 12.4 Å². The Morgan fingerprint density at radius 3 is 2.58 bits per heavy atom. The van der Waals surface area contributed by atoms with E-state index >= 15 is 0 Å². The van der Waals surface area contributed by atoms with Gasteiger partial charge in [-0.05, 0) is 31.2 Å². The number of alkyl halides is 3. The van der Waals surface area contributed by atoms with Crippen LogP contribution in [0, 0.1) is 12.9 Å².